The Kier molecular flexibility index (Phi) is 17.1. The topological polar surface area (TPSA) is 70.2 Å². The van der Waals surface area contributed by atoms with Crippen LogP contribution >= 0.6 is 0 Å². The van der Waals surface area contributed by atoms with Gasteiger partial charge in [0.1, 0.15) is 0 Å². The number of hydrogen-bond acceptors (Lipinski definition) is 3. The van der Waals surface area contributed by atoms with Crippen LogP contribution in [0.1, 0.15) is 111 Å². The molecule has 0 aliphatic rings. The summed E-state index contributed by atoms with van der Waals surface area (Å²) in [4.78, 5) is 23.7. The van der Waals surface area contributed by atoms with E-state index in [1.807, 2.05) is 38.1 Å². The Bertz CT molecular complexity index is 629. The van der Waals surface area contributed by atoms with Gasteiger partial charge >= 0.3 is 0 Å². The molecular formula is C28H49N3O2. The number of unbranched alkanes of at least 4 members (excludes halogenated alkanes) is 13. The number of amides is 2. The molecule has 1 rings (SSSR count). The first kappa shape index (κ1) is 29.0. The molecule has 33 heavy (non-hydrogen) atoms. The quantitative estimate of drug-likeness (QED) is 0.179. The van der Waals surface area contributed by atoms with Gasteiger partial charge in [-0.1, -0.05) is 104 Å². The highest BCUT2D eigenvalue weighted by atomic mass is 16.2. The van der Waals surface area contributed by atoms with E-state index >= 15 is 0 Å². The highest BCUT2D eigenvalue weighted by Gasteiger charge is 2.07. The molecule has 0 atom stereocenters. The second-order valence-electron chi connectivity index (χ2n) is 9.52. The van der Waals surface area contributed by atoms with Gasteiger partial charge in [0.2, 0.25) is 11.8 Å². The monoisotopic (exact) mass is 459 g/mol. The molecule has 1 aromatic rings. The third kappa shape index (κ3) is 16.3. The fourth-order valence-corrected chi connectivity index (χ4v) is 3.75. The number of carbonyl (C=O) groups is 2. The van der Waals surface area contributed by atoms with E-state index in [0.717, 1.165) is 24.3 Å². The van der Waals surface area contributed by atoms with E-state index in [4.69, 9.17) is 0 Å². The Morgan fingerprint density at radius 3 is 1.64 bits per heavy atom. The Morgan fingerprint density at radius 1 is 0.697 bits per heavy atom. The van der Waals surface area contributed by atoms with E-state index < -0.39 is 0 Å². The molecule has 0 unspecified atom stereocenters. The molecule has 0 aliphatic carbocycles. The molecule has 0 aromatic heterocycles. The van der Waals surface area contributed by atoms with Gasteiger partial charge < -0.3 is 16.0 Å². The largest absolute Gasteiger partial charge is 0.376 e. The van der Waals surface area contributed by atoms with E-state index in [1.54, 1.807) is 0 Å². The number of hydrogen-bond donors (Lipinski definition) is 3. The van der Waals surface area contributed by atoms with E-state index in [-0.39, 0.29) is 24.3 Å². The number of anilines is 2. The maximum atomic E-state index is 12.0. The van der Waals surface area contributed by atoms with Crippen LogP contribution in [0.15, 0.2) is 24.3 Å². The van der Waals surface area contributed by atoms with Crippen molar-refractivity contribution in [2.45, 2.75) is 111 Å². The van der Waals surface area contributed by atoms with Gasteiger partial charge in [0, 0.05) is 23.8 Å². The summed E-state index contributed by atoms with van der Waals surface area (Å²) in [5, 5.41) is 8.97. The molecule has 1 aromatic carbocycles. The first-order valence-electron chi connectivity index (χ1n) is 13.4. The van der Waals surface area contributed by atoms with Gasteiger partial charge in [-0.25, -0.2) is 0 Å². The highest BCUT2D eigenvalue weighted by molar-refractivity contribution is 5.92. The molecular weight excluding hydrogens is 410 g/mol. The summed E-state index contributed by atoms with van der Waals surface area (Å²) >= 11 is 0. The van der Waals surface area contributed by atoms with Gasteiger partial charge in [-0.3, -0.25) is 9.59 Å². The average Bonchev–Trinajstić information content (AvgIpc) is 2.81. The lowest BCUT2D eigenvalue weighted by Gasteiger charge is -2.10. The zero-order valence-electron chi connectivity index (χ0n) is 21.5. The third-order valence-electron chi connectivity index (χ3n) is 5.98. The zero-order chi connectivity index (χ0) is 24.2. The lowest BCUT2D eigenvalue weighted by atomic mass is 10.0. The molecule has 0 saturated heterocycles. The molecule has 188 valence electrons. The van der Waals surface area contributed by atoms with Crippen molar-refractivity contribution in [3.8, 4) is 0 Å². The molecule has 5 nitrogen and oxygen atoms in total. The number of nitrogens with one attached hydrogen (secondary N) is 3. The normalized spacial score (nSPS) is 10.9. The minimum absolute atomic E-state index is 0.00131. The average molecular weight is 460 g/mol. The van der Waals surface area contributed by atoms with Gasteiger partial charge in [-0.05, 0) is 30.7 Å². The van der Waals surface area contributed by atoms with Crippen LogP contribution in [0.5, 0.6) is 0 Å². The fraction of sp³-hybridized carbons (Fsp3) is 0.714. The van der Waals surface area contributed by atoms with Crippen molar-refractivity contribution in [2.24, 2.45) is 5.92 Å². The van der Waals surface area contributed by atoms with Crippen molar-refractivity contribution in [1.29, 1.82) is 0 Å². The molecule has 2 amide bonds. The summed E-state index contributed by atoms with van der Waals surface area (Å²) in [6.45, 7) is 7.01. The molecule has 0 fully saturated rings. The summed E-state index contributed by atoms with van der Waals surface area (Å²) in [7, 11) is 0. The van der Waals surface area contributed by atoms with Crippen molar-refractivity contribution >= 4 is 23.2 Å². The lowest BCUT2D eigenvalue weighted by Crippen LogP contribution is -2.30. The van der Waals surface area contributed by atoms with E-state index in [1.165, 1.54) is 83.5 Å². The van der Waals surface area contributed by atoms with Crippen molar-refractivity contribution in [2.75, 3.05) is 23.7 Å². The van der Waals surface area contributed by atoms with E-state index in [9.17, 15) is 9.59 Å². The smallest absolute Gasteiger partial charge is 0.239 e. The summed E-state index contributed by atoms with van der Waals surface area (Å²) in [5.41, 5.74) is 1.63. The predicted molar refractivity (Wildman–Crippen MR) is 142 cm³/mol. The maximum absolute atomic E-state index is 12.0. The number of rotatable bonds is 20. The summed E-state index contributed by atoms with van der Waals surface area (Å²) in [6, 6.07) is 7.43. The molecule has 0 saturated carbocycles. The maximum Gasteiger partial charge on any atom is 0.239 e. The van der Waals surface area contributed by atoms with Crippen LogP contribution in [0.2, 0.25) is 0 Å². The van der Waals surface area contributed by atoms with Crippen LogP contribution in [0.4, 0.5) is 11.4 Å². The predicted octanol–water partition coefficient (Wildman–Crippen LogP) is 7.29. The molecule has 0 radical (unpaired) electrons. The van der Waals surface area contributed by atoms with Crippen molar-refractivity contribution in [3.63, 3.8) is 0 Å². The first-order valence-corrected chi connectivity index (χ1v) is 13.4. The first-order chi connectivity index (χ1) is 16.0. The van der Waals surface area contributed by atoms with Crippen LogP contribution in [-0.2, 0) is 9.59 Å². The Hall–Kier alpha value is -2.04. The number of carbonyl (C=O) groups excluding carboxylic acids is 2. The molecule has 0 aliphatic heterocycles. The summed E-state index contributed by atoms with van der Waals surface area (Å²) < 4.78 is 0. The van der Waals surface area contributed by atoms with Crippen molar-refractivity contribution < 1.29 is 9.59 Å². The molecule has 5 heteroatoms. The lowest BCUT2D eigenvalue weighted by molar-refractivity contribution is -0.120. The fourth-order valence-electron chi connectivity index (χ4n) is 3.75. The molecule has 0 bridgehead atoms. The standard InChI is InChI=1S/C28H49N3O2/c1-4-5-6-7-8-9-10-11-12-13-14-15-16-17-22-29-27(32)23-30-25-18-20-26(21-19-25)31-28(33)24(2)3/h18-21,24,30H,4-17,22-23H2,1-3H3,(H,29,32)(H,31,33). The Balaban J connectivity index is 1.93. The molecule has 0 spiro atoms. The van der Waals surface area contributed by atoms with Crippen LogP contribution < -0.4 is 16.0 Å². The second kappa shape index (κ2) is 19.4. The Morgan fingerprint density at radius 2 is 1.15 bits per heavy atom. The minimum atomic E-state index is -0.0498. The minimum Gasteiger partial charge on any atom is -0.376 e. The van der Waals surface area contributed by atoms with Gasteiger partial charge in [0.05, 0.1) is 6.54 Å². The van der Waals surface area contributed by atoms with Gasteiger partial charge in [0.25, 0.3) is 0 Å². The Labute approximate surface area is 202 Å². The van der Waals surface area contributed by atoms with Gasteiger partial charge in [-0.15, -0.1) is 0 Å². The third-order valence-corrected chi connectivity index (χ3v) is 5.98. The van der Waals surface area contributed by atoms with Crippen LogP contribution in [0, 0.1) is 5.92 Å². The van der Waals surface area contributed by atoms with Gasteiger partial charge in [0.15, 0.2) is 0 Å². The van der Waals surface area contributed by atoms with Crippen molar-refractivity contribution in [1.82, 2.24) is 5.32 Å². The number of benzene rings is 1. The summed E-state index contributed by atoms with van der Waals surface area (Å²) in [6.07, 6.45) is 18.8. The van der Waals surface area contributed by atoms with Crippen LogP contribution in [-0.4, -0.2) is 24.9 Å². The van der Waals surface area contributed by atoms with E-state index in [2.05, 4.69) is 22.9 Å². The van der Waals surface area contributed by atoms with Gasteiger partial charge in [-0.2, -0.15) is 0 Å². The molecule has 0 heterocycles. The van der Waals surface area contributed by atoms with Crippen LogP contribution in [0.3, 0.4) is 0 Å². The van der Waals surface area contributed by atoms with Crippen LogP contribution in [0.25, 0.3) is 0 Å². The zero-order valence-corrected chi connectivity index (χ0v) is 21.5. The summed E-state index contributed by atoms with van der Waals surface area (Å²) in [5.74, 6) is -0.0355. The van der Waals surface area contributed by atoms with Crippen molar-refractivity contribution in [3.05, 3.63) is 24.3 Å². The highest BCUT2D eigenvalue weighted by Crippen LogP contribution is 2.15. The molecule has 3 N–H and O–H groups in total. The van der Waals surface area contributed by atoms with E-state index in [0.29, 0.717) is 0 Å². The second-order valence-corrected chi connectivity index (χ2v) is 9.52. The SMILES string of the molecule is CCCCCCCCCCCCCCCCNC(=O)CNc1ccc(NC(=O)C(C)C)cc1.